The van der Waals surface area contributed by atoms with E-state index in [1.165, 1.54) is 19.3 Å². The van der Waals surface area contributed by atoms with E-state index in [9.17, 15) is 4.79 Å². The van der Waals surface area contributed by atoms with Gasteiger partial charge in [0, 0.05) is 46.4 Å². The lowest BCUT2D eigenvalue weighted by Gasteiger charge is -2.37. The van der Waals surface area contributed by atoms with Crippen LogP contribution in [0, 0.1) is 0 Å². The molecule has 2 heterocycles. The van der Waals surface area contributed by atoms with Crippen molar-refractivity contribution < 1.29 is 9.53 Å². The van der Waals surface area contributed by atoms with Gasteiger partial charge < -0.3 is 19.9 Å². The molecule has 6 heteroatoms. The van der Waals surface area contributed by atoms with E-state index in [1.54, 1.807) is 0 Å². The third-order valence-corrected chi connectivity index (χ3v) is 4.37. The molecule has 2 aliphatic heterocycles. The summed E-state index contributed by atoms with van der Waals surface area (Å²) in [7, 11) is 1.83. The third kappa shape index (κ3) is 4.60. The average molecular weight is 310 g/mol. The molecule has 6 nitrogen and oxygen atoms in total. The zero-order valence-electron chi connectivity index (χ0n) is 14.0. The molecule has 2 fully saturated rings. The molecule has 0 spiro atoms. The maximum absolute atomic E-state index is 12.3. The highest BCUT2D eigenvalue weighted by Gasteiger charge is 2.30. The SMILES string of the molecule is CCCCCNC(=NC)N1CCN(C(=O)C2CCCO2)CC1. The summed E-state index contributed by atoms with van der Waals surface area (Å²) < 4.78 is 5.50. The van der Waals surface area contributed by atoms with Gasteiger partial charge in [-0.3, -0.25) is 9.79 Å². The number of guanidine groups is 1. The normalized spacial score (nSPS) is 23.0. The Bertz CT molecular complexity index is 372. The first kappa shape index (κ1) is 17.1. The molecule has 0 aliphatic carbocycles. The molecule has 0 aromatic heterocycles. The zero-order valence-corrected chi connectivity index (χ0v) is 14.0. The van der Waals surface area contributed by atoms with Crippen molar-refractivity contribution in [3.05, 3.63) is 0 Å². The molecule has 0 radical (unpaired) electrons. The minimum absolute atomic E-state index is 0.169. The summed E-state index contributed by atoms with van der Waals surface area (Å²) in [5.74, 6) is 1.13. The molecule has 2 rings (SSSR count). The average Bonchev–Trinajstić information content (AvgIpc) is 3.09. The second kappa shape index (κ2) is 8.98. The number of unbranched alkanes of at least 4 members (excludes halogenated alkanes) is 2. The van der Waals surface area contributed by atoms with Crippen molar-refractivity contribution in [3.8, 4) is 0 Å². The number of amides is 1. The molecular formula is C16H30N4O2. The number of hydrogen-bond donors (Lipinski definition) is 1. The Morgan fingerprint density at radius 2 is 1.95 bits per heavy atom. The molecular weight excluding hydrogens is 280 g/mol. The largest absolute Gasteiger partial charge is 0.368 e. The van der Waals surface area contributed by atoms with Crippen molar-refractivity contribution >= 4 is 11.9 Å². The van der Waals surface area contributed by atoms with E-state index in [2.05, 4.69) is 22.1 Å². The molecule has 0 aromatic rings. The molecule has 1 atom stereocenters. The number of rotatable bonds is 5. The van der Waals surface area contributed by atoms with Crippen LogP contribution in [0.15, 0.2) is 4.99 Å². The smallest absolute Gasteiger partial charge is 0.251 e. The molecule has 126 valence electrons. The summed E-state index contributed by atoms with van der Waals surface area (Å²) in [5, 5.41) is 3.42. The Labute approximate surface area is 133 Å². The van der Waals surface area contributed by atoms with Crippen LogP contribution in [0.2, 0.25) is 0 Å². The lowest BCUT2D eigenvalue weighted by molar-refractivity contribution is -0.142. The highest BCUT2D eigenvalue weighted by Crippen LogP contribution is 2.16. The number of nitrogens with zero attached hydrogens (tertiary/aromatic N) is 3. The Kier molecular flexibility index (Phi) is 6.96. The predicted molar refractivity (Wildman–Crippen MR) is 88.0 cm³/mol. The minimum atomic E-state index is -0.196. The number of piperazine rings is 1. The van der Waals surface area contributed by atoms with Gasteiger partial charge in [-0.05, 0) is 19.3 Å². The summed E-state index contributed by atoms with van der Waals surface area (Å²) in [4.78, 5) is 20.9. The molecule has 2 aliphatic rings. The van der Waals surface area contributed by atoms with Gasteiger partial charge in [0.25, 0.3) is 5.91 Å². The molecule has 2 saturated heterocycles. The first-order valence-electron chi connectivity index (χ1n) is 8.62. The second-order valence-electron chi connectivity index (χ2n) is 6.00. The first-order valence-corrected chi connectivity index (χ1v) is 8.62. The van der Waals surface area contributed by atoms with Crippen molar-refractivity contribution in [2.75, 3.05) is 46.4 Å². The number of carbonyl (C=O) groups is 1. The maximum atomic E-state index is 12.3. The van der Waals surface area contributed by atoms with E-state index in [4.69, 9.17) is 4.74 Å². The van der Waals surface area contributed by atoms with Gasteiger partial charge in [0.1, 0.15) is 6.10 Å². The van der Waals surface area contributed by atoms with Gasteiger partial charge in [-0.2, -0.15) is 0 Å². The Balaban J connectivity index is 1.74. The van der Waals surface area contributed by atoms with Crippen LogP contribution in [0.3, 0.4) is 0 Å². The topological polar surface area (TPSA) is 57.2 Å². The Morgan fingerprint density at radius 3 is 2.55 bits per heavy atom. The van der Waals surface area contributed by atoms with Crippen molar-refractivity contribution in [1.82, 2.24) is 15.1 Å². The maximum Gasteiger partial charge on any atom is 0.251 e. The monoisotopic (exact) mass is 310 g/mol. The van der Waals surface area contributed by atoms with Crippen LogP contribution in [0.25, 0.3) is 0 Å². The van der Waals surface area contributed by atoms with E-state index in [0.29, 0.717) is 0 Å². The van der Waals surface area contributed by atoms with Gasteiger partial charge in [0.05, 0.1) is 0 Å². The summed E-state index contributed by atoms with van der Waals surface area (Å²) in [6.07, 6.45) is 5.33. The fourth-order valence-electron chi connectivity index (χ4n) is 3.02. The molecule has 1 amide bonds. The van der Waals surface area contributed by atoms with E-state index in [1.807, 2.05) is 11.9 Å². The molecule has 0 aromatic carbocycles. The Morgan fingerprint density at radius 1 is 1.23 bits per heavy atom. The van der Waals surface area contributed by atoms with Crippen molar-refractivity contribution in [2.24, 2.45) is 4.99 Å². The van der Waals surface area contributed by atoms with Crippen molar-refractivity contribution in [2.45, 2.75) is 45.1 Å². The molecule has 1 unspecified atom stereocenters. The highest BCUT2D eigenvalue weighted by atomic mass is 16.5. The predicted octanol–water partition coefficient (Wildman–Crippen LogP) is 1.08. The van der Waals surface area contributed by atoms with Gasteiger partial charge in [0.2, 0.25) is 0 Å². The fraction of sp³-hybridized carbons (Fsp3) is 0.875. The molecule has 0 bridgehead atoms. The van der Waals surface area contributed by atoms with Gasteiger partial charge in [-0.25, -0.2) is 0 Å². The molecule has 22 heavy (non-hydrogen) atoms. The van der Waals surface area contributed by atoms with Crippen LogP contribution < -0.4 is 5.32 Å². The van der Waals surface area contributed by atoms with Gasteiger partial charge in [-0.1, -0.05) is 19.8 Å². The number of ether oxygens (including phenoxy) is 1. The van der Waals surface area contributed by atoms with E-state index in [-0.39, 0.29) is 12.0 Å². The summed E-state index contributed by atoms with van der Waals surface area (Å²) in [6, 6.07) is 0. The summed E-state index contributed by atoms with van der Waals surface area (Å²) >= 11 is 0. The minimum Gasteiger partial charge on any atom is -0.368 e. The van der Waals surface area contributed by atoms with Crippen LogP contribution >= 0.6 is 0 Å². The summed E-state index contributed by atoms with van der Waals surface area (Å²) in [6.45, 7) is 7.10. The first-order chi connectivity index (χ1) is 10.8. The van der Waals surface area contributed by atoms with Gasteiger partial charge >= 0.3 is 0 Å². The van der Waals surface area contributed by atoms with Gasteiger partial charge in [-0.15, -0.1) is 0 Å². The molecule has 1 N–H and O–H groups in total. The quantitative estimate of drug-likeness (QED) is 0.469. The lowest BCUT2D eigenvalue weighted by atomic mass is 10.2. The zero-order chi connectivity index (χ0) is 15.8. The number of nitrogens with one attached hydrogen (secondary N) is 1. The lowest BCUT2D eigenvalue weighted by Crippen LogP contribution is -2.55. The van der Waals surface area contributed by atoms with Crippen LogP contribution in [0.1, 0.15) is 39.0 Å². The molecule has 0 saturated carbocycles. The van der Waals surface area contributed by atoms with Gasteiger partial charge in [0.15, 0.2) is 5.96 Å². The van der Waals surface area contributed by atoms with Crippen LogP contribution in [0.4, 0.5) is 0 Å². The third-order valence-electron chi connectivity index (χ3n) is 4.37. The number of hydrogen-bond acceptors (Lipinski definition) is 3. The highest BCUT2D eigenvalue weighted by molar-refractivity contribution is 5.82. The fourth-order valence-corrected chi connectivity index (χ4v) is 3.02. The Hall–Kier alpha value is -1.30. The van der Waals surface area contributed by atoms with E-state index >= 15 is 0 Å². The summed E-state index contributed by atoms with van der Waals surface area (Å²) in [5.41, 5.74) is 0. The number of carbonyl (C=O) groups excluding carboxylic acids is 1. The van der Waals surface area contributed by atoms with E-state index < -0.39 is 0 Å². The van der Waals surface area contributed by atoms with Crippen molar-refractivity contribution in [3.63, 3.8) is 0 Å². The number of aliphatic imine (C=N–C) groups is 1. The standard InChI is InChI=1S/C16H30N4O2/c1-3-4-5-8-18-16(17-2)20-11-9-19(10-12-20)15(21)14-7-6-13-22-14/h14H,3-13H2,1-2H3,(H,17,18). The van der Waals surface area contributed by atoms with E-state index in [0.717, 1.165) is 58.1 Å². The van der Waals surface area contributed by atoms with Crippen molar-refractivity contribution in [1.29, 1.82) is 0 Å². The van der Waals surface area contributed by atoms with Crippen LogP contribution in [0.5, 0.6) is 0 Å². The van der Waals surface area contributed by atoms with Crippen LogP contribution in [-0.2, 0) is 9.53 Å². The van der Waals surface area contributed by atoms with Crippen LogP contribution in [-0.4, -0.2) is 74.1 Å². The second-order valence-corrected chi connectivity index (χ2v) is 6.00.